The first kappa shape index (κ1) is 14.4. The lowest BCUT2D eigenvalue weighted by Gasteiger charge is -2.23. The van der Waals surface area contributed by atoms with Crippen molar-refractivity contribution in [3.63, 3.8) is 0 Å². The fourth-order valence-corrected chi connectivity index (χ4v) is 1.78. The lowest BCUT2D eigenvalue weighted by molar-refractivity contribution is -0.120. The molecular formula is C14H23N3O. The molecular weight excluding hydrogens is 226 g/mol. The van der Waals surface area contributed by atoms with Crippen LogP contribution in [0.25, 0.3) is 0 Å². The number of benzene rings is 1. The minimum atomic E-state index is 0.0429. The summed E-state index contributed by atoms with van der Waals surface area (Å²) in [6, 6.07) is 6.02. The number of amides is 1. The molecule has 0 unspecified atom stereocenters. The second-order valence-electron chi connectivity index (χ2n) is 4.78. The topological polar surface area (TPSA) is 58.4 Å². The summed E-state index contributed by atoms with van der Waals surface area (Å²) in [6.07, 6.45) is 0. The van der Waals surface area contributed by atoms with E-state index < -0.39 is 0 Å². The number of hydrogen-bond acceptors (Lipinski definition) is 3. The van der Waals surface area contributed by atoms with Gasteiger partial charge in [0.15, 0.2) is 0 Å². The molecule has 3 N–H and O–H groups in total. The van der Waals surface area contributed by atoms with E-state index in [0.717, 1.165) is 23.5 Å². The van der Waals surface area contributed by atoms with Crippen LogP contribution in [0.15, 0.2) is 18.2 Å². The van der Waals surface area contributed by atoms with Gasteiger partial charge >= 0.3 is 0 Å². The molecule has 0 radical (unpaired) electrons. The average molecular weight is 249 g/mol. The van der Waals surface area contributed by atoms with Crippen LogP contribution >= 0.6 is 0 Å². The van der Waals surface area contributed by atoms with Gasteiger partial charge in [0.1, 0.15) is 0 Å². The molecule has 100 valence electrons. The van der Waals surface area contributed by atoms with Crippen LogP contribution in [-0.2, 0) is 4.79 Å². The Hall–Kier alpha value is -1.71. The van der Waals surface area contributed by atoms with E-state index in [1.807, 2.05) is 50.8 Å². The van der Waals surface area contributed by atoms with E-state index in [2.05, 4.69) is 5.32 Å². The third-order valence-corrected chi connectivity index (χ3v) is 2.78. The lowest BCUT2D eigenvalue weighted by Crippen LogP contribution is -2.40. The summed E-state index contributed by atoms with van der Waals surface area (Å²) in [6.45, 7) is 9.09. The number of rotatable bonds is 5. The first-order valence-electron chi connectivity index (χ1n) is 6.34. The molecule has 1 amide bonds. The number of carbonyl (C=O) groups is 1. The maximum absolute atomic E-state index is 11.8. The minimum Gasteiger partial charge on any atom is -0.399 e. The molecule has 4 nitrogen and oxygen atoms in total. The van der Waals surface area contributed by atoms with Crippen LogP contribution in [0.1, 0.15) is 26.3 Å². The van der Waals surface area contributed by atoms with Crippen molar-refractivity contribution in [3.05, 3.63) is 23.8 Å². The number of aryl methyl sites for hydroxylation is 1. The minimum absolute atomic E-state index is 0.0429. The Morgan fingerprint density at radius 2 is 2.11 bits per heavy atom. The molecule has 0 aliphatic carbocycles. The van der Waals surface area contributed by atoms with Gasteiger partial charge in [-0.05, 0) is 51.5 Å². The molecule has 0 saturated carbocycles. The molecule has 18 heavy (non-hydrogen) atoms. The van der Waals surface area contributed by atoms with Crippen LogP contribution < -0.4 is 16.0 Å². The van der Waals surface area contributed by atoms with Crippen molar-refractivity contribution in [1.29, 1.82) is 0 Å². The monoisotopic (exact) mass is 249 g/mol. The Balaban J connectivity index is 2.76. The largest absolute Gasteiger partial charge is 0.399 e. The molecule has 1 aromatic carbocycles. The number of likely N-dealkylation sites (N-methyl/N-ethyl adjacent to an activating group) is 1. The van der Waals surface area contributed by atoms with E-state index in [-0.39, 0.29) is 11.9 Å². The summed E-state index contributed by atoms with van der Waals surface area (Å²) in [5, 5.41) is 2.90. The molecule has 0 spiro atoms. The molecule has 0 heterocycles. The highest BCUT2D eigenvalue weighted by molar-refractivity contribution is 5.81. The molecule has 0 aliphatic heterocycles. The number of hydrogen-bond donors (Lipinski definition) is 2. The maximum Gasteiger partial charge on any atom is 0.239 e. The van der Waals surface area contributed by atoms with E-state index in [4.69, 9.17) is 5.73 Å². The van der Waals surface area contributed by atoms with E-state index in [9.17, 15) is 4.79 Å². The average Bonchev–Trinajstić information content (AvgIpc) is 2.29. The fourth-order valence-electron chi connectivity index (χ4n) is 1.78. The van der Waals surface area contributed by atoms with Gasteiger partial charge in [-0.1, -0.05) is 0 Å². The number of nitrogens with zero attached hydrogens (tertiary/aromatic N) is 1. The Labute approximate surface area is 109 Å². The first-order valence-corrected chi connectivity index (χ1v) is 6.34. The Kier molecular flexibility index (Phi) is 5.01. The smallest absolute Gasteiger partial charge is 0.239 e. The van der Waals surface area contributed by atoms with E-state index in [0.29, 0.717) is 6.54 Å². The quantitative estimate of drug-likeness (QED) is 0.784. The van der Waals surface area contributed by atoms with Crippen molar-refractivity contribution >= 4 is 17.3 Å². The zero-order valence-electron chi connectivity index (χ0n) is 11.7. The lowest BCUT2D eigenvalue weighted by atomic mass is 10.1. The Morgan fingerprint density at radius 1 is 1.44 bits per heavy atom. The van der Waals surface area contributed by atoms with Gasteiger partial charge in [0, 0.05) is 24.0 Å². The highest BCUT2D eigenvalue weighted by Crippen LogP contribution is 2.20. The van der Waals surface area contributed by atoms with Crippen molar-refractivity contribution < 1.29 is 4.79 Å². The molecule has 1 aromatic rings. The number of carbonyl (C=O) groups excluding carboxylic acids is 1. The van der Waals surface area contributed by atoms with Crippen LogP contribution in [0.2, 0.25) is 0 Å². The van der Waals surface area contributed by atoms with Gasteiger partial charge in [0.2, 0.25) is 5.91 Å². The van der Waals surface area contributed by atoms with Gasteiger partial charge in [-0.2, -0.15) is 0 Å². The van der Waals surface area contributed by atoms with Crippen LogP contribution in [0.5, 0.6) is 0 Å². The Bertz CT molecular complexity index is 416. The van der Waals surface area contributed by atoms with Crippen molar-refractivity contribution in [3.8, 4) is 0 Å². The highest BCUT2D eigenvalue weighted by atomic mass is 16.2. The molecule has 0 aromatic heterocycles. The summed E-state index contributed by atoms with van der Waals surface area (Å²) < 4.78 is 0. The van der Waals surface area contributed by atoms with Crippen LogP contribution in [0.4, 0.5) is 11.4 Å². The summed E-state index contributed by atoms with van der Waals surface area (Å²) in [4.78, 5) is 13.8. The number of nitrogens with one attached hydrogen (secondary N) is 1. The van der Waals surface area contributed by atoms with Gasteiger partial charge in [0.05, 0.1) is 6.54 Å². The van der Waals surface area contributed by atoms with E-state index in [1.165, 1.54) is 0 Å². The first-order chi connectivity index (χ1) is 8.43. The molecule has 1 rings (SSSR count). The maximum atomic E-state index is 11.8. The summed E-state index contributed by atoms with van der Waals surface area (Å²) in [5.41, 5.74) is 8.65. The normalized spacial score (nSPS) is 10.5. The number of nitrogens with two attached hydrogens (primary N) is 1. The van der Waals surface area contributed by atoms with E-state index in [1.54, 1.807) is 0 Å². The molecule has 0 atom stereocenters. The van der Waals surface area contributed by atoms with E-state index >= 15 is 0 Å². The summed E-state index contributed by atoms with van der Waals surface area (Å²) in [7, 11) is 0. The van der Waals surface area contributed by atoms with Crippen LogP contribution in [0.3, 0.4) is 0 Å². The zero-order chi connectivity index (χ0) is 13.7. The fraction of sp³-hybridized carbons (Fsp3) is 0.500. The van der Waals surface area contributed by atoms with Gasteiger partial charge in [-0.15, -0.1) is 0 Å². The van der Waals surface area contributed by atoms with Crippen LogP contribution in [0, 0.1) is 6.92 Å². The number of nitrogen functional groups attached to an aromatic ring is 1. The third kappa shape index (κ3) is 3.95. The SMILES string of the molecule is CCN(CC(=O)NC(C)C)c1ccc(N)c(C)c1. The van der Waals surface area contributed by atoms with Gasteiger partial charge in [0.25, 0.3) is 0 Å². The van der Waals surface area contributed by atoms with Gasteiger partial charge in [-0.3, -0.25) is 4.79 Å². The number of anilines is 2. The van der Waals surface area contributed by atoms with Gasteiger partial charge < -0.3 is 16.0 Å². The molecule has 0 bridgehead atoms. The van der Waals surface area contributed by atoms with Crippen LogP contribution in [-0.4, -0.2) is 25.0 Å². The molecule has 0 saturated heterocycles. The Morgan fingerprint density at radius 3 is 2.61 bits per heavy atom. The van der Waals surface area contributed by atoms with Gasteiger partial charge in [-0.25, -0.2) is 0 Å². The predicted molar refractivity (Wildman–Crippen MR) is 76.8 cm³/mol. The standard InChI is InChI=1S/C14H23N3O/c1-5-17(9-14(18)16-10(2)3)12-6-7-13(15)11(4)8-12/h6-8,10H,5,9,15H2,1-4H3,(H,16,18). The summed E-state index contributed by atoms with van der Waals surface area (Å²) in [5.74, 6) is 0.0429. The van der Waals surface area contributed by atoms with Crippen molar-refractivity contribution in [2.24, 2.45) is 0 Å². The predicted octanol–water partition coefficient (Wildman–Crippen LogP) is 1.93. The van der Waals surface area contributed by atoms with Crippen molar-refractivity contribution in [2.45, 2.75) is 33.7 Å². The second kappa shape index (κ2) is 6.28. The van der Waals surface area contributed by atoms with Crippen molar-refractivity contribution in [1.82, 2.24) is 5.32 Å². The zero-order valence-corrected chi connectivity index (χ0v) is 11.7. The van der Waals surface area contributed by atoms with Crippen molar-refractivity contribution in [2.75, 3.05) is 23.7 Å². The highest BCUT2D eigenvalue weighted by Gasteiger charge is 2.11. The third-order valence-electron chi connectivity index (χ3n) is 2.78. The molecule has 0 fully saturated rings. The second-order valence-corrected chi connectivity index (χ2v) is 4.78. The molecule has 0 aliphatic rings. The molecule has 4 heteroatoms. The summed E-state index contributed by atoms with van der Waals surface area (Å²) >= 11 is 0.